The van der Waals surface area contributed by atoms with E-state index in [1.54, 1.807) is 0 Å². The summed E-state index contributed by atoms with van der Waals surface area (Å²) in [6.45, 7) is 14.3. The third-order valence-electron chi connectivity index (χ3n) is 26.5. The fraction of sp³-hybridized carbons (Fsp3) is 0.0783. The van der Waals surface area contributed by atoms with Crippen LogP contribution >= 0.6 is 0 Å². The lowest BCUT2D eigenvalue weighted by Gasteiger charge is -2.35. The van der Waals surface area contributed by atoms with E-state index in [9.17, 15) is 0 Å². The first-order valence-electron chi connectivity index (χ1n) is 42.3. The summed E-state index contributed by atoms with van der Waals surface area (Å²) in [6.07, 6.45) is 9.21. The lowest BCUT2D eigenvalue weighted by atomic mass is 9.81. The summed E-state index contributed by atoms with van der Waals surface area (Å²) < 4.78 is 0. The van der Waals surface area contributed by atoms with Gasteiger partial charge in [0.05, 0.1) is 11.0 Å². The van der Waals surface area contributed by atoms with E-state index in [0.717, 1.165) is 56.2 Å². The van der Waals surface area contributed by atoms with Crippen molar-refractivity contribution in [1.82, 2.24) is 9.97 Å². The van der Waals surface area contributed by atoms with Crippen LogP contribution in [0.5, 0.6) is 0 Å². The smallest absolute Gasteiger partial charge is 0.179 e. The Labute approximate surface area is 712 Å². The van der Waals surface area contributed by atoms with Crippen LogP contribution < -0.4 is 51.3 Å². The quantitative estimate of drug-likeness (QED) is 0.0487. The number of hydrogen-bond acceptors (Lipinski definition) is 4. The fourth-order valence-electron chi connectivity index (χ4n) is 20.4. The molecule has 2 heterocycles. The zero-order valence-electron chi connectivity index (χ0n) is 68.9. The van der Waals surface area contributed by atoms with Crippen molar-refractivity contribution >= 4 is 138 Å². The van der Waals surface area contributed by atoms with Gasteiger partial charge in [-0.1, -0.05) is 393 Å². The Morgan fingerprint density at radius 2 is 0.430 bits per heavy atom. The summed E-state index contributed by atoms with van der Waals surface area (Å²) in [4.78, 5) is 15.5. The van der Waals surface area contributed by atoms with Gasteiger partial charge >= 0.3 is 0 Å². The highest BCUT2D eigenvalue weighted by Gasteiger charge is 2.45. The van der Waals surface area contributed by atoms with Crippen molar-refractivity contribution < 1.29 is 0 Å². The molecule has 18 aromatic rings. The molecular formula is C115H90N4Si2. The largest absolute Gasteiger partial charge is 0.295 e. The second-order valence-electron chi connectivity index (χ2n) is 34.4. The Hall–Kier alpha value is -14.1. The van der Waals surface area contributed by atoms with Crippen molar-refractivity contribution in [2.75, 3.05) is 9.80 Å². The highest BCUT2D eigenvalue weighted by atomic mass is 28.3. The van der Waals surface area contributed by atoms with Gasteiger partial charge in [-0.15, -0.1) is 0 Å². The molecule has 4 nitrogen and oxygen atoms in total. The first-order chi connectivity index (χ1) is 59.2. The van der Waals surface area contributed by atoms with Crippen LogP contribution in [-0.2, 0) is 16.2 Å². The third kappa shape index (κ3) is 12.5. The van der Waals surface area contributed by atoms with Crippen molar-refractivity contribution in [3.05, 3.63) is 468 Å². The second-order valence-corrected chi connectivity index (χ2v) is 42.0. The number of aromatic nitrogens is 2. The minimum atomic E-state index is -2.77. The minimum absolute atomic E-state index is 0.212. The monoisotopic (exact) mass is 1580 g/mol. The predicted octanol–water partition coefficient (Wildman–Crippen LogP) is 23.7. The highest BCUT2D eigenvalue weighted by molar-refractivity contribution is 7.20. The molecule has 0 amide bonds. The Balaban J connectivity index is 0.540. The van der Waals surface area contributed by atoms with E-state index in [0.29, 0.717) is 0 Å². The molecule has 2 aromatic heterocycles. The molecule has 21 rings (SSSR count). The van der Waals surface area contributed by atoms with E-state index in [1.807, 2.05) is 0 Å². The molecule has 6 heteroatoms. The van der Waals surface area contributed by atoms with Crippen molar-refractivity contribution in [2.45, 2.75) is 57.8 Å². The Morgan fingerprint density at radius 3 is 0.702 bits per heavy atom. The van der Waals surface area contributed by atoms with Gasteiger partial charge in [0, 0.05) is 49.8 Å². The van der Waals surface area contributed by atoms with Crippen molar-refractivity contribution in [2.24, 2.45) is 0 Å². The number of pyridine rings is 2. The van der Waals surface area contributed by atoms with Gasteiger partial charge in [0.2, 0.25) is 0 Å². The molecule has 3 aliphatic carbocycles. The van der Waals surface area contributed by atoms with E-state index < -0.39 is 16.1 Å². The maximum atomic E-state index is 5.40. The molecule has 16 aromatic carbocycles. The number of nitrogens with zero attached hydrogens (tertiary/aromatic N) is 4. The maximum Gasteiger partial charge on any atom is 0.179 e. The molecule has 0 fully saturated rings. The van der Waals surface area contributed by atoms with E-state index in [1.165, 1.54) is 131 Å². The lowest BCUT2D eigenvalue weighted by Crippen LogP contribution is -2.74. The van der Waals surface area contributed by atoms with E-state index >= 15 is 0 Å². The van der Waals surface area contributed by atoms with Crippen LogP contribution in [-0.4, -0.2) is 26.1 Å². The normalized spacial score (nSPS) is 13.8. The van der Waals surface area contributed by atoms with Crippen LogP contribution in [0.25, 0.3) is 79.5 Å². The summed E-state index contributed by atoms with van der Waals surface area (Å²) in [5, 5.41) is 13.0. The standard InChI is InChI=1S/C115H90N4Si2/c1-113(2)103-73-79(45-47-81-51-67-99-101-69-59-87(77-107(101)114(3,4)105(99)75-81)118(111-71-53-83-29-25-27-43-109(83)116-111)85-55-61-95(62-56-85)120(89-31-13-7-14-32-89,90-33-15-8-16-34-90)91-35-17-9-18-36-91)49-65-97(103)98-66-50-80(74-104(98)113)46-48-82-52-68-100-102-70-60-88(78-108(102)115(5,6)106(100)76-82)119(112-72-54-84-30-26-28-44-110(84)117-112)86-57-63-96(64-58-86)121(92-37-19-10-20-38-92,93-39-21-11-22-40-93)94-41-23-12-24-42-94/h7-78H,1-6H3/b47-45+,48-46+. The molecule has 0 saturated heterocycles. The molecule has 0 radical (unpaired) electrons. The third-order valence-corrected chi connectivity index (χ3v) is 36.1. The van der Waals surface area contributed by atoms with Crippen LogP contribution in [0.4, 0.5) is 34.4 Å². The summed E-state index contributed by atoms with van der Waals surface area (Å²) in [5.74, 6) is 1.74. The summed E-state index contributed by atoms with van der Waals surface area (Å²) >= 11 is 0. The molecule has 3 aliphatic rings. The average molecular weight is 1580 g/mol. The van der Waals surface area contributed by atoms with Gasteiger partial charge in [-0.3, -0.25) is 9.80 Å². The predicted molar refractivity (Wildman–Crippen MR) is 517 cm³/mol. The number of hydrogen-bond donors (Lipinski definition) is 0. The number of benzene rings is 16. The van der Waals surface area contributed by atoms with Crippen LogP contribution in [0.2, 0.25) is 0 Å². The molecule has 578 valence electrons. The molecular weight excluding hydrogens is 1490 g/mol. The van der Waals surface area contributed by atoms with Gasteiger partial charge in [-0.25, -0.2) is 9.97 Å². The molecule has 0 spiro atoms. The summed E-state index contributed by atoms with van der Waals surface area (Å²) in [7, 11) is -5.54. The van der Waals surface area contributed by atoms with Gasteiger partial charge < -0.3 is 0 Å². The number of fused-ring (bicyclic) bond motifs is 11. The topological polar surface area (TPSA) is 32.3 Å². The maximum absolute atomic E-state index is 5.40. The van der Waals surface area contributed by atoms with Crippen LogP contribution in [0, 0.1) is 0 Å². The van der Waals surface area contributed by atoms with Gasteiger partial charge in [-0.2, -0.15) is 0 Å². The van der Waals surface area contributed by atoms with Gasteiger partial charge in [0.1, 0.15) is 11.6 Å². The minimum Gasteiger partial charge on any atom is -0.295 e. The summed E-state index contributed by atoms with van der Waals surface area (Å²) in [6, 6.07) is 154. The first-order valence-corrected chi connectivity index (χ1v) is 46.3. The number of para-hydroxylation sites is 2. The molecule has 0 saturated carbocycles. The Bertz CT molecular complexity index is 6460. The molecule has 0 unspecified atom stereocenters. The zero-order valence-corrected chi connectivity index (χ0v) is 70.9. The molecule has 0 N–H and O–H groups in total. The van der Waals surface area contributed by atoms with E-state index in [2.05, 4.69) is 488 Å². The van der Waals surface area contributed by atoms with Gasteiger partial charge in [0.15, 0.2) is 16.1 Å². The number of anilines is 6. The molecule has 0 bridgehead atoms. The van der Waals surface area contributed by atoms with Crippen molar-refractivity contribution in [3.8, 4) is 33.4 Å². The van der Waals surface area contributed by atoms with Gasteiger partial charge in [0.25, 0.3) is 0 Å². The first kappa shape index (κ1) is 74.4. The van der Waals surface area contributed by atoms with Crippen LogP contribution in [0.3, 0.4) is 0 Å². The van der Waals surface area contributed by atoms with Crippen LogP contribution in [0.15, 0.2) is 413 Å². The Kier molecular flexibility index (Phi) is 18.3. The molecule has 0 atom stereocenters. The highest BCUT2D eigenvalue weighted by Crippen LogP contribution is 2.54. The van der Waals surface area contributed by atoms with E-state index in [4.69, 9.17) is 9.97 Å². The SMILES string of the molecule is CC1(C)c2cc(/C=C/c3ccc4c(c3)C(C)(C)c3cc(N(c5ccc([Si](c6ccccc6)(c6ccccc6)c6ccccc6)cc5)c5ccc6ccccc6n5)ccc3-4)ccc2-c2ccc(/C=C/c3ccc4c(c3)C(C)(C)c3cc(N(c5ccc([Si](c6ccccc6)(c6ccccc6)c6ccccc6)cc5)c5ccc6ccccc6n5)ccc3-4)cc21. The molecule has 121 heavy (non-hydrogen) atoms. The van der Waals surface area contributed by atoms with Gasteiger partial charge in [-0.05, 0) is 215 Å². The van der Waals surface area contributed by atoms with Crippen molar-refractivity contribution in [3.63, 3.8) is 0 Å². The van der Waals surface area contributed by atoms with Crippen LogP contribution in [0.1, 0.15) is 97.2 Å². The molecule has 0 aliphatic heterocycles. The lowest BCUT2D eigenvalue weighted by molar-refractivity contribution is 0.660. The Morgan fingerprint density at radius 1 is 0.207 bits per heavy atom. The fourth-order valence-corrected chi connectivity index (χ4v) is 29.9. The zero-order chi connectivity index (χ0) is 81.6. The summed E-state index contributed by atoms with van der Waals surface area (Å²) in [5.41, 5.74) is 25.8. The van der Waals surface area contributed by atoms with E-state index in [-0.39, 0.29) is 16.2 Å². The second kappa shape index (κ2) is 29.7. The average Bonchev–Trinajstić information content (AvgIpc) is 1.04. The van der Waals surface area contributed by atoms with Crippen molar-refractivity contribution in [1.29, 1.82) is 0 Å². The number of rotatable bonds is 18.